The van der Waals surface area contributed by atoms with Crippen molar-refractivity contribution >= 4 is 9.84 Å². The standard InChI is InChI=1S/C9H18O3S/c1-13(11,12)7-9(6-10)8-4-2-3-5-8/h8-10H,2-7H2,1H3/t9-/m0/s1. The molecule has 3 nitrogen and oxygen atoms in total. The van der Waals surface area contributed by atoms with Gasteiger partial charge in [-0.15, -0.1) is 0 Å². The van der Waals surface area contributed by atoms with E-state index in [0.717, 1.165) is 12.8 Å². The van der Waals surface area contributed by atoms with E-state index in [9.17, 15) is 8.42 Å². The number of rotatable bonds is 4. The summed E-state index contributed by atoms with van der Waals surface area (Å²) in [5.74, 6) is 0.547. The third kappa shape index (κ3) is 3.65. The van der Waals surface area contributed by atoms with Gasteiger partial charge in [0.05, 0.1) is 5.75 Å². The highest BCUT2D eigenvalue weighted by atomic mass is 32.2. The van der Waals surface area contributed by atoms with Gasteiger partial charge in [-0.3, -0.25) is 0 Å². The molecule has 1 rings (SSSR count). The van der Waals surface area contributed by atoms with Crippen LogP contribution in [0.5, 0.6) is 0 Å². The molecule has 0 aromatic rings. The number of aliphatic hydroxyl groups excluding tert-OH is 1. The van der Waals surface area contributed by atoms with E-state index in [-0.39, 0.29) is 18.3 Å². The van der Waals surface area contributed by atoms with Crippen LogP contribution in [0.15, 0.2) is 0 Å². The van der Waals surface area contributed by atoms with Gasteiger partial charge in [-0.2, -0.15) is 0 Å². The SMILES string of the molecule is CS(=O)(=O)C[C@H](CO)C1CCCC1. The molecule has 0 bridgehead atoms. The molecule has 1 N–H and O–H groups in total. The smallest absolute Gasteiger partial charge is 0.147 e. The van der Waals surface area contributed by atoms with E-state index in [2.05, 4.69) is 0 Å². The molecule has 1 fully saturated rings. The van der Waals surface area contributed by atoms with Gasteiger partial charge in [-0.25, -0.2) is 8.42 Å². The monoisotopic (exact) mass is 206 g/mol. The van der Waals surface area contributed by atoms with Crippen LogP contribution in [-0.2, 0) is 9.84 Å². The first-order valence-corrected chi connectivity index (χ1v) is 6.87. The average Bonchev–Trinajstić information content (AvgIpc) is 2.50. The first-order chi connectivity index (χ1) is 6.03. The molecule has 0 spiro atoms. The minimum Gasteiger partial charge on any atom is -0.396 e. The highest BCUT2D eigenvalue weighted by Gasteiger charge is 2.26. The van der Waals surface area contributed by atoms with Crippen molar-refractivity contribution in [2.75, 3.05) is 18.6 Å². The maximum absolute atomic E-state index is 11.0. The van der Waals surface area contributed by atoms with Gasteiger partial charge in [0.15, 0.2) is 0 Å². The Balaban J connectivity index is 2.51. The Morgan fingerprint density at radius 1 is 1.38 bits per heavy atom. The molecule has 0 heterocycles. The lowest BCUT2D eigenvalue weighted by molar-refractivity contribution is 0.191. The Hall–Kier alpha value is -0.0900. The van der Waals surface area contributed by atoms with Gasteiger partial charge in [-0.05, 0) is 11.8 Å². The summed E-state index contributed by atoms with van der Waals surface area (Å²) in [6.45, 7) is 0.0116. The van der Waals surface area contributed by atoms with Crippen LogP contribution in [-0.4, -0.2) is 32.1 Å². The second-order valence-electron chi connectivity index (χ2n) is 4.08. The zero-order valence-corrected chi connectivity index (χ0v) is 8.89. The van der Waals surface area contributed by atoms with Crippen LogP contribution >= 0.6 is 0 Å². The molecular weight excluding hydrogens is 188 g/mol. The van der Waals surface area contributed by atoms with Crippen molar-refractivity contribution in [1.82, 2.24) is 0 Å². The van der Waals surface area contributed by atoms with E-state index in [0.29, 0.717) is 5.92 Å². The van der Waals surface area contributed by atoms with Crippen LogP contribution in [0, 0.1) is 11.8 Å². The summed E-state index contributed by atoms with van der Waals surface area (Å²) in [6.07, 6.45) is 5.78. The fourth-order valence-electron chi connectivity index (χ4n) is 2.16. The summed E-state index contributed by atoms with van der Waals surface area (Å²) in [5.41, 5.74) is 0. The number of aliphatic hydroxyl groups is 1. The fraction of sp³-hybridized carbons (Fsp3) is 1.00. The summed E-state index contributed by atoms with van der Waals surface area (Å²) < 4.78 is 22.1. The fourth-order valence-corrected chi connectivity index (χ4v) is 3.31. The van der Waals surface area contributed by atoms with E-state index in [1.54, 1.807) is 0 Å². The average molecular weight is 206 g/mol. The van der Waals surface area contributed by atoms with E-state index in [4.69, 9.17) is 5.11 Å². The summed E-state index contributed by atoms with van der Waals surface area (Å²) >= 11 is 0. The minimum absolute atomic E-state index is 0.0116. The molecule has 0 radical (unpaired) electrons. The van der Waals surface area contributed by atoms with Crippen LogP contribution in [0.2, 0.25) is 0 Å². The van der Waals surface area contributed by atoms with Gasteiger partial charge in [0.1, 0.15) is 9.84 Å². The summed E-state index contributed by atoms with van der Waals surface area (Å²) in [6, 6.07) is 0. The van der Waals surface area contributed by atoms with Gasteiger partial charge in [-0.1, -0.05) is 25.7 Å². The highest BCUT2D eigenvalue weighted by Crippen LogP contribution is 2.31. The Bertz CT molecular complexity index is 240. The van der Waals surface area contributed by atoms with Crippen molar-refractivity contribution in [2.45, 2.75) is 25.7 Å². The molecule has 1 saturated carbocycles. The quantitative estimate of drug-likeness (QED) is 0.741. The Kier molecular flexibility index (Phi) is 3.74. The molecule has 0 aromatic carbocycles. The summed E-state index contributed by atoms with van der Waals surface area (Å²) in [7, 11) is -2.93. The Morgan fingerprint density at radius 3 is 2.31 bits per heavy atom. The van der Waals surface area contributed by atoms with Crippen LogP contribution in [0.4, 0.5) is 0 Å². The lowest BCUT2D eigenvalue weighted by Gasteiger charge is -2.19. The van der Waals surface area contributed by atoms with E-state index in [1.165, 1.54) is 19.1 Å². The van der Waals surface area contributed by atoms with Crippen molar-refractivity contribution in [2.24, 2.45) is 11.8 Å². The van der Waals surface area contributed by atoms with Gasteiger partial charge in [0, 0.05) is 12.9 Å². The maximum atomic E-state index is 11.0. The first-order valence-electron chi connectivity index (χ1n) is 4.81. The second kappa shape index (κ2) is 4.42. The molecule has 1 aliphatic carbocycles. The highest BCUT2D eigenvalue weighted by molar-refractivity contribution is 7.90. The Morgan fingerprint density at radius 2 is 1.92 bits per heavy atom. The molecule has 0 amide bonds. The molecule has 78 valence electrons. The zero-order valence-electron chi connectivity index (χ0n) is 8.07. The molecular formula is C9H18O3S. The van der Waals surface area contributed by atoms with Crippen molar-refractivity contribution in [3.63, 3.8) is 0 Å². The number of hydrogen-bond donors (Lipinski definition) is 1. The first kappa shape index (κ1) is 11.0. The van der Waals surface area contributed by atoms with Crippen molar-refractivity contribution in [3.05, 3.63) is 0 Å². The largest absolute Gasteiger partial charge is 0.396 e. The van der Waals surface area contributed by atoms with Gasteiger partial charge in [0.25, 0.3) is 0 Å². The van der Waals surface area contributed by atoms with Crippen molar-refractivity contribution in [1.29, 1.82) is 0 Å². The molecule has 0 aliphatic heterocycles. The predicted molar refractivity (Wildman–Crippen MR) is 52.2 cm³/mol. The Labute approximate surface area is 80.1 Å². The normalized spacial score (nSPS) is 22.0. The van der Waals surface area contributed by atoms with Gasteiger partial charge >= 0.3 is 0 Å². The second-order valence-corrected chi connectivity index (χ2v) is 6.26. The van der Waals surface area contributed by atoms with Crippen LogP contribution in [0.25, 0.3) is 0 Å². The zero-order chi connectivity index (χ0) is 9.90. The summed E-state index contributed by atoms with van der Waals surface area (Å²) in [4.78, 5) is 0. The van der Waals surface area contributed by atoms with E-state index < -0.39 is 9.84 Å². The van der Waals surface area contributed by atoms with Crippen molar-refractivity contribution in [3.8, 4) is 0 Å². The molecule has 1 aliphatic rings. The topological polar surface area (TPSA) is 54.4 Å². The van der Waals surface area contributed by atoms with E-state index >= 15 is 0 Å². The lowest BCUT2D eigenvalue weighted by Crippen LogP contribution is -2.24. The van der Waals surface area contributed by atoms with Crippen LogP contribution in [0.1, 0.15) is 25.7 Å². The molecule has 4 heteroatoms. The summed E-state index contributed by atoms with van der Waals surface area (Å²) in [5, 5.41) is 9.09. The molecule has 0 saturated heterocycles. The van der Waals surface area contributed by atoms with Gasteiger partial charge in [0.2, 0.25) is 0 Å². The molecule has 13 heavy (non-hydrogen) atoms. The van der Waals surface area contributed by atoms with Crippen LogP contribution < -0.4 is 0 Å². The molecule has 1 atom stereocenters. The number of sulfone groups is 1. The van der Waals surface area contributed by atoms with Crippen LogP contribution in [0.3, 0.4) is 0 Å². The third-order valence-corrected chi connectivity index (χ3v) is 3.85. The van der Waals surface area contributed by atoms with E-state index in [1.807, 2.05) is 0 Å². The lowest BCUT2D eigenvalue weighted by atomic mass is 9.93. The van der Waals surface area contributed by atoms with Gasteiger partial charge < -0.3 is 5.11 Å². The van der Waals surface area contributed by atoms with Crippen molar-refractivity contribution < 1.29 is 13.5 Å². The molecule has 0 aromatic heterocycles. The predicted octanol–water partition coefficient (Wildman–Crippen LogP) is 0.830. The number of hydrogen-bond acceptors (Lipinski definition) is 3. The third-order valence-electron chi connectivity index (χ3n) is 2.82. The minimum atomic E-state index is -2.93. The maximum Gasteiger partial charge on any atom is 0.147 e. The molecule has 0 unspecified atom stereocenters.